The summed E-state index contributed by atoms with van der Waals surface area (Å²) in [4.78, 5) is 30.7. The first-order valence-electron chi connectivity index (χ1n) is 9.04. The van der Waals surface area contributed by atoms with Crippen LogP contribution in [0.25, 0.3) is 0 Å². The van der Waals surface area contributed by atoms with Gasteiger partial charge in [0.25, 0.3) is 11.6 Å². The van der Waals surface area contributed by atoms with Crippen LogP contribution in [0.15, 0.2) is 58.6 Å². The predicted octanol–water partition coefficient (Wildman–Crippen LogP) is 4.46. The number of hydrogen-bond donors (Lipinski definition) is 0. The van der Waals surface area contributed by atoms with Crippen molar-refractivity contribution in [3.8, 4) is 17.2 Å². The third-order valence-electron chi connectivity index (χ3n) is 4.71. The number of rotatable bonds is 5. The largest absolute Gasteiger partial charge is 0.493 e. The highest BCUT2D eigenvalue weighted by atomic mass is 32.2. The van der Waals surface area contributed by atoms with E-state index in [1.54, 1.807) is 36.5 Å². The third-order valence-corrected chi connectivity index (χ3v) is 5.78. The molecule has 0 aliphatic carbocycles. The van der Waals surface area contributed by atoms with E-state index in [-0.39, 0.29) is 11.6 Å². The van der Waals surface area contributed by atoms with Crippen LogP contribution in [0.2, 0.25) is 0 Å². The number of pyridine rings is 1. The molecule has 0 radical (unpaired) electrons. The average molecular weight is 439 g/mol. The Morgan fingerprint density at radius 2 is 1.74 bits per heavy atom. The Hall–Kier alpha value is -3.79. The molecule has 3 aromatic rings. The van der Waals surface area contributed by atoms with E-state index in [9.17, 15) is 14.9 Å². The number of anilines is 2. The molecular formula is C21H17N3O6S. The van der Waals surface area contributed by atoms with Crippen molar-refractivity contribution in [2.45, 2.75) is 9.92 Å². The molecule has 10 heteroatoms. The van der Waals surface area contributed by atoms with Crippen molar-refractivity contribution in [1.29, 1.82) is 0 Å². The quantitative estimate of drug-likeness (QED) is 0.424. The monoisotopic (exact) mass is 439 g/mol. The lowest BCUT2D eigenvalue weighted by Crippen LogP contribution is -2.26. The first-order chi connectivity index (χ1) is 15.0. The molecule has 9 nitrogen and oxygen atoms in total. The van der Waals surface area contributed by atoms with Gasteiger partial charge in [-0.2, -0.15) is 0 Å². The Kier molecular flexibility index (Phi) is 5.38. The highest BCUT2D eigenvalue weighted by molar-refractivity contribution is 7.99. The Labute approximate surface area is 181 Å². The molecule has 1 aliphatic heterocycles. The molecular weight excluding hydrogens is 422 g/mol. The number of ether oxygens (including phenoxy) is 3. The summed E-state index contributed by atoms with van der Waals surface area (Å²) in [6.45, 7) is 0. The Morgan fingerprint density at radius 1 is 1.03 bits per heavy atom. The summed E-state index contributed by atoms with van der Waals surface area (Å²) >= 11 is 1.20. The van der Waals surface area contributed by atoms with Gasteiger partial charge in [0, 0.05) is 35.4 Å². The van der Waals surface area contributed by atoms with Gasteiger partial charge in [-0.3, -0.25) is 19.8 Å². The van der Waals surface area contributed by atoms with E-state index in [1.807, 2.05) is 0 Å². The molecule has 1 aliphatic rings. The van der Waals surface area contributed by atoms with Crippen LogP contribution >= 0.6 is 11.8 Å². The van der Waals surface area contributed by atoms with E-state index >= 15 is 0 Å². The maximum Gasteiger partial charge on any atom is 0.270 e. The fourth-order valence-electron chi connectivity index (χ4n) is 3.30. The number of hydrogen-bond acceptors (Lipinski definition) is 8. The normalized spacial score (nSPS) is 12.5. The minimum absolute atomic E-state index is 0.0806. The van der Waals surface area contributed by atoms with Crippen LogP contribution in [-0.2, 0) is 0 Å². The van der Waals surface area contributed by atoms with Gasteiger partial charge in [0.05, 0.1) is 43.2 Å². The molecule has 0 unspecified atom stereocenters. The highest BCUT2D eigenvalue weighted by Crippen LogP contribution is 2.48. The zero-order chi connectivity index (χ0) is 22.1. The average Bonchev–Trinajstić information content (AvgIpc) is 2.91. The van der Waals surface area contributed by atoms with Crippen molar-refractivity contribution < 1.29 is 23.9 Å². The molecule has 0 saturated carbocycles. The molecule has 158 valence electrons. The number of fused-ring (bicyclic) bond motifs is 2. The number of methoxy groups -OCH3 is 3. The van der Waals surface area contributed by atoms with E-state index in [1.165, 1.54) is 50.1 Å². The van der Waals surface area contributed by atoms with Crippen LogP contribution in [0.1, 0.15) is 10.4 Å². The van der Waals surface area contributed by atoms with E-state index in [2.05, 4.69) is 4.98 Å². The number of non-ortho nitro benzene ring substituents is 1. The summed E-state index contributed by atoms with van der Waals surface area (Å²) in [5.41, 5.74) is 1.22. The Bertz CT molecular complexity index is 1170. The van der Waals surface area contributed by atoms with Crippen LogP contribution in [0.3, 0.4) is 0 Å². The minimum atomic E-state index is -0.476. The van der Waals surface area contributed by atoms with Gasteiger partial charge in [-0.1, -0.05) is 11.8 Å². The number of carbonyl (C=O) groups is 1. The van der Waals surface area contributed by atoms with Crippen molar-refractivity contribution in [3.05, 3.63) is 64.3 Å². The lowest BCUT2D eigenvalue weighted by atomic mass is 10.1. The molecule has 1 amide bonds. The second-order valence-corrected chi connectivity index (χ2v) is 7.42. The van der Waals surface area contributed by atoms with Gasteiger partial charge in [-0.25, -0.2) is 4.98 Å². The number of nitrogens with zero attached hydrogens (tertiary/aromatic N) is 3. The van der Waals surface area contributed by atoms with Crippen molar-refractivity contribution in [3.63, 3.8) is 0 Å². The molecule has 4 rings (SSSR count). The molecule has 0 bridgehead atoms. The van der Waals surface area contributed by atoms with Crippen LogP contribution in [0.5, 0.6) is 17.2 Å². The van der Waals surface area contributed by atoms with E-state index < -0.39 is 4.92 Å². The first kappa shape index (κ1) is 20.5. The molecule has 0 fully saturated rings. The van der Waals surface area contributed by atoms with Gasteiger partial charge in [0.2, 0.25) is 5.75 Å². The van der Waals surface area contributed by atoms with Crippen LogP contribution in [0.4, 0.5) is 17.1 Å². The van der Waals surface area contributed by atoms with E-state index in [0.717, 1.165) is 0 Å². The van der Waals surface area contributed by atoms with Gasteiger partial charge in [0.1, 0.15) is 5.03 Å². The minimum Gasteiger partial charge on any atom is -0.493 e. The SMILES string of the molecule is COc1cc(N2C(=O)c3cccnc3Sc3cc([N+](=O)[O-])ccc32)cc(OC)c1OC. The fourth-order valence-corrected chi connectivity index (χ4v) is 4.34. The van der Waals surface area contributed by atoms with Gasteiger partial charge < -0.3 is 14.2 Å². The summed E-state index contributed by atoms with van der Waals surface area (Å²) in [6.07, 6.45) is 1.57. The standard InChI is InChI=1S/C21H17N3O6S/c1-28-16-9-13(10-17(29-2)19(16)30-3)23-15-7-6-12(24(26)27)11-18(15)31-20-14(21(23)25)5-4-8-22-20/h4-11H,1-3H3. The summed E-state index contributed by atoms with van der Waals surface area (Å²) in [6, 6.07) is 11.0. The van der Waals surface area contributed by atoms with Gasteiger partial charge in [-0.15, -0.1) is 0 Å². The smallest absolute Gasteiger partial charge is 0.270 e. The van der Waals surface area contributed by atoms with E-state index in [0.29, 0.717) is 44.1 Å². The number of nitro benzene ring substituents is 1. The lowest BCUT2D eigenvalue weighted by Gasteiger charge is -2.24. The topological polar surface area (TPSA) is 104 Å². The number of amides is 1. The molecule has 2 aromatic carbocycles. The van der Waals surface area contributed by atoms with Crippen LogP contribution in [-0.4, -0.2) is 37.1 Å². The van der Waals surface area contributed by atoms with Crippen molar-refractivity contribution in [1.82, 2.24) is 4.98 Å². The van der Waals surface area contributed by atoms with Crippen LogP contribution < -0.4 is 19.1 Å². The molecule has 0 saturated heterocycles. The Balaban J connectivity index is 1.99. The maximum absolute atomic E-state index is 13.6. The number of carbonyl (C=O) groups excluding carboxylic acids is 1. The van der Waals surface area contributed by atoms with E-state index in [4.69, 9.17) is 14.2 Å². The summed E-state index contributed by atoms with van der Waals surface area (Å²) in [7, 11) is 4.46. The molecule has 31 heavy (non-hydrogen) atoms. The third kappa shape index (κ3) is 3.50. The van der Waals surface area contributed by atoms with Gasteiger partial charge in [-0.05, 0) is 18.2 Å². The zero-order valence-corrected chi connectivity index (χ0v) is 17.6. The summed E-state index contributed by atoms with van der Waals surface area (Å²) in [5, 5.41) is 11.8. The van der Waals surface area contributed by atoms with Gasteiger partial charge >= 0.3 is 0 Å². The molecule has 2 heterocycles. The highest BCUT2D eigenvalue weighted by Gasteiger charge is 2.31. The number of nitro groups is 1. The number of aromatic nitrogens is 1. The van der Waals surface area contributed by atoms with Crippen LogP contribution in [0, 0.1) is 10.1 Å². The number of benzene rings is 2. The second-order valence-electron chi connectivity index (χ2n) is 6.39. The second kappa shape index (κ2) is 8.15. The van der Waals surface area contributed by atoms with Crippen molar-refractivity contribution in [2.24, 2.45) is 0 Å². The lowest BCUT2D eigenvalue weighted by molar-refractivity contribution is -0.385. The zero-order valence-electron chi connectivity index (χ0n) is 16.8. The summed E-state index contributed by atoms with van der Waals surface area (Å²) in [5.74, 6) is 0.793. The fraction of sp³-hybridized carbons (Fsp3) is 0.143. The van der Waals surface area contributed by atoms with Crippen molar-refractivity contribution in [2.75, 3.05) is 26.2 Å². The van der Waals surface area contributed by atoms with Gasteiger partial charge in [0.15, 0.2) is 11.5 Å². The molecule has 1 aromatic heterocycles. The molecule has 0 atom stereocenters. The Morgan fingerprint density at radius 3 is 2.35 bits per heavy atom. The molecule has 0 spiro atoms. The molecule has 0 N–H and O–H groups in total. The maximum atomic E-state index is 13.6. The summed E-state index contributed by atoms with van der Waals surface area (Å²) < 4.78 is 16.2. The first-order valence-corrected chi connectivity index (χ1v) is 9.86. The predicted molar refractivity (Wildman–Crippen MR) is 114 cm³/mol. The van der Waals surface area contributed by atoms with Crippen molar-refractivity contribution >= 4 is 34.7 Å².